The van der Waals surface area contributed by atoms with Gasteiger partial charge in [0.15, 0.2) is 5.37 Å². The monoisotopic (exact) mass is 304 g/mol. The third-order valence-electron chi connectivity index (χ3n) is 2.87. The molecule has 1 heterocycles. The third kappa shape index (κ3) is 5.65. The number of urea groups is 1. The van der Waals surface area contributed by atoms with Gasteiger partial charge in [0.1, 0.15) is 0 Å². The van der Waals surface area contributed by atoms with Gasteiger partial charge in [-0.3, -0.25) is 10.1 Å². The van der Waals surface area contributed by atoms with E-state index >= 15 is 0 Å². The van der Waals surface area contributed by atoms with Crippen molar-refractivity contribution in [3.05, 3.63) is 0 Å². The number of hydrogen-bond acceptors (Lipinski definition) is 4. The van der Waals surface area contributed by atoms with Gasteiger partial charge in [0.25, 0.3) is 5.91 Å². The number of amides is 3. The second kappa shape index (κ2) is 9.53. The number of carbonyl (C=O) groups excluding carboxylic acids is 2. The highest BCUT2D eigenvalue weighted by atomic mass is 32.2. The summed E-state index contributed by atoms with van der Waals surface area (Å²) in [5, 5.41) is 2.07. The molecule has 1 unspecified atom stereocenters. The van der Waals surface area contributed by atoms with Crippen molar-refractivity contribution in [2.45, 2.75) is 57.7 Å². The predicted molar refractivity (Wildman–Crippen MR) is 83.1 cm³/mol. The Morgan fingerprint density at radius 3 is 2.32 bits per heavy atom. The maximum atomic E-state index is 11.7. The number of hydrogen-bond donors (Lipinski definition) is 1. The van der Waals surface area contributed by atoms with Crippen LogP contribution in [0.5, 0.6) is 0 Å². The van der Waals surface area contributed by atoms with Crippen LogP contribution in [0.2, 0.25) is 0 Å². The number of thioether (sulfide) groups is 1. The molecule has 110 valence electrons. The van der Waals surface area contributed by atoms with Crippen molar-refractivity contribution < 1.29 is 9.59 Å². The van der Waals surface area contributed by atoms with Gasteiger partial charge in [0.2, 0.25) is 0 Å². The van der Waals surface area contributed by atoms with Crippen LogP contribution in [-0.4, -0.2) is 33.1 Å². The molecule has 0 aromatic heterocycles. The summed E-state index contributed by atoms with van der Waals surface area (Å²) in [4.78, 5) is 23.4. The molecule has 1 aliphatic rings. The zero-order valence-electron chi connectivity index (χ0n) is 11.8. The lowest BCUT2D eigenvalue weighted by molar-refractivity contribution is -0.118. The van der Waals surface area contributed by atoms with Crippen molar-refractivity contribution >= 4 is 35.6 Å². The van der Waals surface area contributed by atoms with E-state index in [1.54, 1.807) is 16.1 Å². The summed E-state index contributed by atoms with van der Waals surface area (Å²) in [5.41, 5.74) is 0. The zero-order chi connectivity index (χ0) is 14.1. The highest BCUT2D eigenvalue weighted by Gasteiger charge is 2.38. The first-order valence-corrected chi connectivity index (χ1v) is 9.08. The molecule has 1 saturated heterocycles. The van der Waals surface area contributed by atoms with Crippen LogP contribution in [0.3, 0.4) is 0 Å². The zero-order valence-corrected chi connectivity index (χ0v) is 13.4. The lowest BCUT2D eigenvalue weighted by Gasteiger charge is -2.19. The number of rotatable bonds is 10. The van der Waals surface area contributed by atoms with Gasteiger partial charge < -0.3 is 0 Å². The smallest absolute Gasteiger partial charge is 0.275 e. The molecular formula is C13H24N2O2S2. The molecule has 0 aromatic rings. The molecule has 1 rings (SSSR count). The van der Waals surface area contributed by atoms with Crippen LogP contribution in [0.25, 0.3) is 0 Å². The van der Waals surface area contributed by atoms with Crippen LogP contribution in [0.4, 0.5) is 4.79 Å². The van der Waals surface area contributed by atoms with Crippen LogP contribution in [0.1, 0.15) is 52.4 Å². The molecule has 1 aliphatic heterocycles. The Balaban J connectivity index is 2.36. The maximum Gasteiger partial charge on any atom is 0.335 e. The van der Waals surface area contributed by atoms with E-state index in [9.17, 15) is 9.59 Å². The first-order chi connectivity index (χ1) is 9.20. The fourth-order valence-electron chi connectivity index (χ4n) is 1.77. The first-order valence-electron chi connectivity index (χ1n) is 7.09. The number of nitrogens with zero attached hydrogens (tertiary/aromatic N) is 1. The van der Waals surface area contributed by atoms with Crippen LogP contribution in [-0.2, 0) is 4.79 Å². The fourth-order valence-corrected chi connectivity index (χ4v) is 4.09. The molecule has 1 N–H and O–H groups in total. The van der Waals surface area contributed by atoms with E-state index in [1.807, 2.05) is 0 Å². The van der Waals surface area contributed by atoms with Crippen molar-refractivity contribution in [3.8, 4) is 0 Å². The molecule has 0 aliphatic carbocycles. The van der Waals surface area contributed by atoms with Gasteiger partial charge in [0.05, 0.1) is 0 Å². The fraction of sp³-hybridized carbons (Fsp3) is 0.846. The van der Waals surface area contributed by atoms with Crippen molar-refractivity contribution in [2.75, 3.05) is 11.5 Å². The summed E-state index contributed by atoms with van der Waals surface area (Å²) in [6, 6.07) is -0.250. The minimum atomic E-state index is -0.337. The topological polar surface area (TPSA) is 49.4 Å². The molecule has 19 heavy (non-hydrogen) atoms. The van der Waals surface area contributed by atoms with Gasteiger partial charge >= 0.3 is 6.03 Å². The van der Waals surface area contributed by atoms with Gasteiger partial charge in [-0.25, -0.2) is 9.10 Å². The van der Waals surface area contributed by atoms with Crippen LogP contribution < -0.4 is 5.32 Å². The summed E-state index contributed by atoms with van der Waals surface area (Å²) >= 11 is 3.07. The normalized spacial score (nSPS) is 19.1. The van der Waals surface area contributed by atoms with E-state index in [4.69, 9.17) is 0 Å². The Hall–Kier alpha value is -0.360. The first kappa shape index (κ1) is 16.7. The summed E-state index contributed by atoms with van der Waals surface area (Å²) < 4.78 is 1.62. The SMILES string of the molecule is CCCCCSC1C(=O)NC(=O)N1SCCCCC. The third-order valence-corrected chi connectivity index (χ3v) is 5.39. The van der Waals surface area contributed by atoms with Gasteiger partial charge in [-0.1, -0.05) is 39.5 Å². The molecule has 1 atom stereocenters. The van der Waals surface area contributed by atoms with E-state index in [-0.39, 0.29) is 17.3 Å². The number of unbranched alkanes of at least 4 members (excludes halogenated alkanes) is 4. The summed E-state index contributed by atoms with van der Waals surface area (Å²) in [5.74, 6) is 1.68. The average molecular weight is 304 g/mol. The van der Waals surface area contributed by atoms with Gasteiger partial charge in [-0.15, -0.1) is 11.8 Å². The molecular weight excluding hydrogens is 280 g/mol. The van der Waals surface area contributed by atoms with Gasteiger partial charge in [-0.05, 0) is 30.5 Å². The Bertz CT molecular complexity index is 272. The lowest BCUT2D eigenvalue weighted by Crippen LogP contribution is -2.27. The molecule has 1 fully saturated rings. The molecule has 3 amide bonds. The van der Waals surface area contributed by atoms with Crippen molar-refractivity contribution in [1.29, 1.82) is 0 Å². The van der Waals surface area contributed by atoms with Gasteiger partial charge in [-0.2, -0.15) is 0 Å². The Labute approximate surface area is 124 Å². The molecule has 0 radical (unpaired) electrons. The molecule has 0 saturated carbocycles. The Kier molecular flexibility index (Phi) is 8.37. The average Bonchev–Trinajstić information content (AvgIpc) is 2.65. The van der Waals surface area contributed by atoms with E-state index in [1.165, 1.54) is 37.6 Å². The summed E-state index contributed by atoms with van der Waals surface area (Å²) in [7, 11) is 0. The van der Waals surface area contributed by atoms with Crippen molar-refractivity contribution in [1.82, 2.24) is 9.62 Å². The lowest BCUT2D eigenvalue weighted by atomic mass is 10.3. The number of carbonyl (C=O) groups is 2. The molecule has 0 spiro atoms. The molecule has 0 aromatic carbocycles. The molecule has 6 heteroatoms. The largest absolute Gasteiger partial charge is 0.335 e. The molecule has 0 bridgehead atoms. The highest BCUT2D eigenvalue weighted by molar-refractivity contribution is 8.02. The predicted octanol–water partition coefficient (Wildman–Crippen LogP) is 3.63. The minimum Gasteiger partial charge on any atom is -0.275 e. The van der Waals surface area contributed by atoms with Crippen LogP contribution in [0, 0.1) is 0 Å². The van der Waals surface area contributed by atoms with Crippen molar-refractivity contribution in [2.24, 2.45) is 0 Å². The number of imide groups is 1. The van der Waals surface area contributed by atoms with Gasteiger partial charge in [0, 0.05) is 5.75 Å². The second-order valence-electron chi connectivity index (χ2n) is 4.59. The highest BCUT2D eigenvalue weighted by Crippen LogP contribution is 2.29. The van der Waals surface area contributed by atoms with Crippen LogP contribution >= 0.6 is 23.7 Å². The van der Waals surface area contributed by atoms with E-state index in [0.717, 1.165) is 24.3 Å². The second-order valence-corrected chi connectivity index (χ2v) is 6.84. The van der Waals surface area contributed by atoms with E-state index in [0.29, 0.717) is 0 Å². The quantitative estimate of drug-likeness (QED) is 0.380. The van der Waals surface area contributed by atoms with E-state index < -0.39 is 0 Å². The maximum absolute atomic E-state index is 11.7. The molecule has 4 nitrogen and oxygen atoms in total. The standard InChI is InChI=1S/C13H24N2O2S2/c1-3-5-7-9-18-12-11(16)14-13(17)15(12)19-10-8-6-4-2/h12H,3-10H2,1-2H3,(H,14,16,17). The van der Waals surface area contributed by atoms with Crippen molar-refractivity contribution in [3.63, 3.8) is 0 Å². The summed E-state index contributed by atoms with van der Waals surface area (Å²) in [6.07, 6.45) is 6.89. The summed E-state index contributed by atoms with van der Waals surface area (Å²) in [6.45, 7) is 4.31. The number of nitrogens with one attached hydrogen (secondary N) is 1. The Morgan fingerprint density at radius 2 is 1.68 bits per heavy atom. The Morgan fingerprint density at radius 1 is 1.05 bits per heavy atom. The van der Waals surface area contributed by atoms with Crippen LogP contribution in [0.15, 0.2) is 0 Å². The van der Waals surface area contributed by atoms with E-state index in [2.05, 4.69) is 19.2 Å². The minimum absolute atomic E-state index is 0.158.